The van der Waals surface area contributed by atoms with Crippen LogP contribution < -0.4 is 5.32 Å². The number of likely N-dealkylation sites (tertiary alicyclic amines) is 1. The van der Waals surface area contributed by atoms with Crippen LogP contribution in [0.3, 0.4) is 0 Å². The highest BCUT2D eigenvalue weighted by molar-refractivity contribution is 5.81. The van der Waals surface area contributed by atoms with Crippen molar-refractivity contribution in [2.45, 2.75) is 33.1 Å². The molecule has 1 aliphatic heterocycles. The van der Waals surface area contributed by atoms with Crippen molar-refractivity contribution in [3.05, 3.63) is 29.3 Å². The van der Waals surface area contributed by atoms with Gasteiger partial charge in [-0.3, -0.25) is 4.79 Å². The van der Waals surface area contributed by atoms with Crippen LogP contribution in [0.15, 0.2) is 18.2 Å². The lowest BCUT2D eigenvalue weighted by Gasteiger charge is -2.27. The number of nitrogens with zero attached hydrogens (tertiary/aromatic N) is 1. The van der Waals surface area contributed by atoms with E-state index in [4.69, 9.17) is 0 Å². The van der Waals surface area contributed by atoms with Gasteiger partial charge in [0.15, 0.2) is 0 Å². The summed E-state index contributed by atoms with van der Waals surface area (Å²) in [5.74, 6) is 0.218. The van der Waals surface area contributed by atoms with Crippen LogP contribution in [-0.4, -0.2) is 30.4 Å². The highest BCUT2D eigenvalue weighted by Gasteiger charge is 2.16. The molecule has 1 N–H and O–H groups in total. The zero-order chi connectivity index (χ0) is 13.0. The van der Waals surface area contributed by atoms with Crippen molar-refractivity contribution in [3.63, 3.8) is 0 Å². The Balaban J connectivity index is 1.90. The Morgan fingerprint density at radius 1 is 1.22 bits per heavy atom. The van der Waals surface area contributed by atoms with E-state index in [0.717, 1.165) is 31.6 Å². The Bertz CT molecular complexity index is 423. The summed E-state index contributed by atoms with van der Waals surface area (Å²) < 4.78 is 0. The van der Waals surface area contributed by atoms with E-state index < -0.39 is 0 Å². The van der Waals surface area contributed by atoms with Crippen molar-refractivity contribution in [2.24, 2.45) is 0 Å². The van der Waals surface area contributed by atoms with Crippen LogP contribution in [0, 0.1) is 13.8 Å². The quantitative estimate of drug-likeness (QED) is 0.889. The van der Waals surface area contributed by atoms with Gasteiger partial charge in [-0.2, -0.15) is 0 Å². The molecule has 0 aliphatic carbocycles. The highest BCUT2D eigenvalue weighted by Crippen LogP contribution is 2.18. The molecule has 0 saturated carbocycles. The van der Waals surface area contributed by atoms with Gasteiger partial charge in [-0.25, -0.2) is 0 Å². The summed E-state index contributed by atoms with van der Waals surface area (Å²) in [5, 5.41) is 3.26. The summed E-state index contributed by atoms with van der Waals surface area (Å²) in [5.41, 5.74) is 3.55. The fourth-order valence-corrected chi connectivity index (χ4v) is 2.37. The number of carbonyl (C=O) groups is 1. The maximum Gasteiger partial charge on any atom is 0.241 e. The molecule has 1 aromatic rings. The van der Waals surface area contributed by atoms with Crippen LogP contribution in [0.2, 0.25) is 0 Å². The van der Waals surface area contributed by atoms with Gasteiger partial charge in [-0.1, -0.05) is 12.1 Å². The van der Waals surface area contributed by atoms with Crippen LogP contribution in [0.25, 0.3) is 0 Å². The minimum Gasteiger partial charge on any atom is -0.376 e. The lowest BCUT2D eigenvalue weighted by Crippen LogP contribution is -2.39. The van der Waals surface area contributed by atoms with E-state index in [1.54, 1.807) is 0 Å². The largest absolute Gasteiger partial charge is 0.376 e. The molecule has 0 atom stereocenters. The summed E-state index contributed by atoms with van der Waals surface area (Å²) in [6.45, 7) is 6.43. The predicted octanol–water partition coefficient (Wildman–Crippen LogP) is 2.73. The lowest BCUT2D eigenvalue weighted by atomic mass is 10.1. The number of hydrogen-bond donors (Lipinski definition) is 1. The number of nitrogens with one attached hydrogen (secondary N) is 1. The number of anilines is 1. The molecule has 0 spiro atoms. The maximum atomic E-state index is 12.0. The van der Waals surface area contributed by atoms with Gasteiger partial charge in [0.1, 0.15) is 0 Å². The number of rotatable bonds is 3. The molecule has 3 heteroatoms. The zero-order valence-corrected chi connectivity index (χ0v) is 11.3. The zero-order valence-electron chi connectivity index (χ0n) is 11.3. The average Bonchev–Trinajstić information content (AvgIpc) is 2.41. The Morgan fingerprint density at radius 2 is 1.94 bits per heavy atom. The van der Waals surface area contributed by atoms with Gasteiger partial charge in [-0.05, 0) is 50.3 Å². The minimum atomic E-state index is 0.218. The first kappa shape index (κ1) is 12.9. The molecule has 0 unspecified atom stereocenters. The van der Waals surface area contributed by atoms with Crippen LogP contribution in [-0.2, 0) is 4.79 Å². The van der Waals surface area contributed by atoms with Crippen molar-refractivity contribution in [1.82, 2.24) is 4.90 Å². The van der Waals surface area contributed by atoms with E-state index in [9.17, 15) is 4.79 Å². The van der Waals surface area contributed by atoms with Gasteiger partial charge in [0.2, 0.25) is 5.91 Å². The molecule has 0 radical (unpaired) electrons. The fourth-order valence-electron chi connectivity index (χ4n) is 2.37. The van der Waals surface area contributed by atoms with Crippen molar-refractivity contribution >= 4 is 11.6 Å². The Morgan fingerprint density at radius 3 is 2.67 bits per heavy atom. The van der Waals surface area contributed by atoms with Gasteiger partial charge < -0.3 is 10.2 Å². The van der Waals surface area contributed by atoms with Gasteiger partial charge in [0.25, 0.3) is 0 Å². The molecule has 3 nitrogen and oxygen atoms in total. The number of amides is 1. The van der Waals surface area contributed by atoms with Crippen LogP contribution in [0.5, 0.6) is 0 Å². The number of hydrogen-bond acceptors (Lipinski definition) is 2. The number of benzene rings is 1. The van der Waals surface area contributed by atoms with E-state index in [1.807, 2.05) is 17.0 Å². The molecule has 2 rings (SSSR count). The third-order valence-corrected chi connectivity index (χ3v) is 3.74. The standard InChI is InChI=1S/C15H22N2O/c1-12-7-6-8-14(13(12)2)16-11-15(18)17-9-4-3-5-10-17/h6-8,16H,3-5,9-11H2,1-2H3. The van der Waals surface area contributed by atoms with Gasteiger partial charge >= 0.3 is 0 Å². The molecule has 1 fully saturated rings. The van der Waals surface area contributed by atoms with Crippen LogP contribution in [0.1, 0.15) is 30.4 Å². The third-order valence-electron chi connectivity index (χ3n) is 3.74. The second kappa shape index (κ2) is 5.89. The van der Waals surface area contributed by atoms with Crippen molar-refractivity contribution in [2.75, 3.05) is 25.0 Å². The summed E-state index contributed by atoms with van der Waals surface area (Å²) in [6.07, 6.45) is 3.55. The SMILES string of the molecule is Cc1cccc(NCC(=O)N2CCCCC2)c1C. The first-order valence-electron chi connectivity index (χ1n) is 6.76. The summed E-state index contributed by atoms with van der Waals surface area (Å²) in [4.78, 5) is 14.0. The summed E-state index contributed by atoms with van der Waals surface area (Å²) >= 11 is 0. The molecular weight excluding hydrogens is 224 g/mol. The van der Waals surface area contributed by atoms with Gasteiger partial charge in [0, 0.05) is 18.8 Å². The Labute approximate surface area is 109 Å². The van der Waals surface area contributed by atoms with E-state index in [0.29, 0.717) is 6.54 Å². The molecule has 0 aromatic heterocycles. The Hall–Kier alpha value is -1.51. The number of aryl methyl sites for hydroxylation is 1. The lowest BCUT2D eigenvalue weighted by molar-refractivity contribution is -0.130. The molecule has 18 heavy (non-hydrogen) atoms. The van der Waals surface area contributed by atoms with E-state index in [2.05, 4.69) is 25.2 Å². The van der Waals surface area contributed by atoms with E-state index in [1.165, 1.54) is 17.5 Å². The normalized spacial score (nSPS) is 15.6. The molecule has 1 aliphatic rings. The molecule has 98 valence electrons. The second-order valence-electron chi connectivity index (χ2n) is 5.04. The fraction of sp³-hybridized carbons (Fsp3) is 0.533. The van der Waals surface area contributed by atoms with Crippen molar-refractivity contribution in [1.29, 1.82) is 0 Å². The second-order valence-corrected chi connectivity index (χ2v) is 5.04. The monoisotopic (exact) mass is 246 g/mol. The van der Waals surface area contributed by atoms with Crippen molar-refractivity contribution < 1.29 is 4.79 Å². The maximum absolute atomic E-state index is 12.0. The number of carbonyl (C=O) groups excluding carboxylic acids is 1. The minimum absolute atomic E-state index is 0.218. The molecule has 1 amide bonds. The van der Waals surface area contributed by atoms with Gasteiger partial charge in [0.05, 0.1) is 6.54 Å². The van der Waals surface area contributed by atoms with Crippen LogP contribution >= 0.6 is 0 Å². The Kier molecular flexibility index (Phi) is 4.24. The average molecular weight is 246 g/mol. The van der Waals surface area contributed by atoms with Crippen molar-refractivity contribution in [3.8, 4) is 0 Å². The molecular formula is C15H22N2O. The topological polar surface area (TPSA) is 32.3 Å². The highest BCUT2D eigenvalue weighted by atomic mass is 16.2. The number of piperidine rings is 1. The van der Waals surface area contributed by atoms with E-state index in [-0.39, 0.29) is 5.91 Å². The van der Waals surface area contributed by atoms with Crippen LogP contribution in [0.4, 0.5) is 5.69 Å². The smallest absolute Gasteiger partial charge is 0.241 e. The van der Waals surface area contributed by atoms with E-state index >= 15 is 0 Å². The summed E-state index contributed by atoms with van der Waals surface area (Å²) in [6, 6.07) is 6.15. The predicted molar refractivity (Wildman–Crippen MR) is 74.8 cm³/mol. The summed E-state index contributed by atoms with van der Waals surface area (Å²) in [7, 11) is 0. The first-order valence-corrected chi connectivity index (χ1v) is 6.76. The molecule has 1 aromatic carbocycles. The first-order chi connectivity index (χ1) is 8.68. The molecule has 1 heterocycles. The van der Waals surface area contributed by atoms with Gasteiger partial charge in [-0.15, -0.1) is 0 Å². The molecule has 0 bridgehead atoms. The third kappa shape index (κ3) is 3.03. The molecule has 1 saturated heterocycles.